The Balaban J connectivity index is 1.91. The molecule has 0 aliphatic rings. The van der Waals surface area contributed by atoms with E-state index in [2.05, 4.69) is 25.9 Å². The fourth-order valence-corrected chi connectivity index (χ4v) is 1.39. The molecule has 0 aliphatic carbocycles. The van der Waals surface area contributed by atoms with Gasteiger partial charge in [0.1, 0.15) is 0 Å². The topological polar surface area (TPSA) is 119 Å². The number of hydrogen-bond acceptors (Lipinski definition) is 7. The summed E-state index contributed by atoms with van der Waals surface area (Å²) >= 11 is 0. The zero-order valence-corrected chi connectivity index (χ0v) is 9.46. The van der Waals surface area contributed by atoms with Crippen molar-refractivity contribution in [2.75, 3.05) is 12.0 Å². The lowest BCUT2D eigenvalue weighted by molar-refractivity contribution is 0.0954. The molecule has 0 unspecified atom stereocenters. The van der Waals surface area contributed by atoms with Crippen LogP contribution in [0.1, 0.15) is 16.2 Å². The van der Waals surface area contributed by atoms with Crippen LogP contribution in [0.2, 0.25) is 0 Å². The molecule has 0 aliphatic heterocycles. The van der Waals surface area contributed by atoms with Crippen molar-refractivity contribution < 1.29 is 9.32 Å². The van der Waals surface area contributed by atoms with Crippen molar-refractivity contribution in [3.05, 3.63) is 36.2 Å². The summed E-state index contributed by atoms with van der Waals surface area (Å²) in [4.78, 5) is 19.6. The van der Waals surface area contributed by atoms with Crippen LogP contribution in [-0.4, -0.2) is 27.6 Å². The minimum atomic E-state index is -0.245. The number of nitrogens with two attached hydrogens (primary N) is 1. The fourth-order valence-electron chi connectivity index (χ4n) is 1.39. The number of nitrogens with one attached hydrogen (secondary N) is 2. The van der Waals surface area contributed by atoms with Crippen molar-refractivity contribution in [1.82, 2.24) is 20.4 Å². The summed E-state index contributed by atoms with van der Waals surface area (Å²) in [6.45, 7) is 0.396. The molecule has 0 bridgehead atoms. The van der Waals surface area contributed by atoms with E-state index in [9.17, 15) is 4.79 Å². The number of nitrogens with zero attached hydrogens (tertiary/aromatic N) is 3. The summed E-state index contributed by atoms with van der Waals surface area (Å²) in [5, 5.41) is 6.19. The Labute approximate surface area is 103 Å². The van der Waals surface area contributed by atoms with Crippen LogP contribution in [0.3, 0.4) is 0 Å². The summed E-state index contributed by atoms with van der Waals surface area (Å²) in [6.07, 6.45) is 4.79. The fraction of sp³-hybridized carbons (Fsp3) is 0.200. The van der Waals surface area contributed by atoms with Crippen LogP contribution in [0.4, 0.5) is 5.69 Å². The predicted octanol–water partition coefficient (Wildman–Crippen LogP) is -0.277. The van der Waals surface area contributed by atoms with Crippen LogP contribution < -0.4 is 16.6 Å². The van der Waals surface area contributed by atoms with Gasteiger partial charge in [-0.15, -0.1) is 0 Å². The average molecular weight is 248 g/mol. The molecule has 4 N–H and O–H groups in total. The number of nitrogen functional groups attached to an aromatic ring is 1. The van der Waals surface area contributed by atoms with Crippen LogP contribution >= 0.6 is 0 Å². The van der Waals surface area contributed by atoms with Gasteiger partial charge in [0.2, 0.25) is 5.89 Å². The van der Waals surface area contributed by atoms with Crippen molar-refractivity contribution >= 4 is 11.6 Å². The highest BCUT2D eigenvalue weighted by molar-refractivity contribution is 5.99. The van der Waals surface area contributed by atoms with Gasteiger partial charge in [-0.1, -0.05) is 5.16 Å². The van der Waals surface area contributed by atoms with Gasteiger partial charge in [-0.3, -0.25) is 15.6 Å². The van der Waals surface area contributed by atoms with E-state index in [1.165, 1.54) is 18.7 Å². The first-order valence-corrected chi connectivity index (χ1v) is 5.25. The monoisotopic (exact) mass is 248 g/mol. The number of carbonyl (C=O) groups is 1. The first-order valence-electron chi connectivity index (χ1n) is 5.25. The summed E-state index contributed by atoms with van der Waals surface area (Å²) in [5.41, 5.74) is 3.31. The molecule has 0 aromatic carbocycles. The lowest BCUT2D eigenvalue weighted by Gasteiger charge is -2.07. The van der Waals surface area contributed by atoms with Gasteiger partial charge in [0.05, 0.1) is 17.4 Å². The first kappa shape index (κ1) is 12.0. The maximum atomic E-state index is 11.9. The van der Waals surface area contributed by atoms with Crippen molar-refractivity contribution in [3.8, 4) is 0 Å². The van der Waals surface area contributed by atoms with Gasteiger partial charge >= 0.3 is 0 Å². The molecule has 2 rings (SSSR count). The molecule has 0 saturated heterocycles. The molecule has 18 heavy (non-hydrogen) atoms. The Morgan fingerprint density at radius 1 is 1.50 bits per heavy atom. The van der Waals surface area contributed by atoms with E-state index in [4.69, 9.17) is 10.4 Å². The van der Waals surface area contributed by atoms with Gasteiger partial charge in [0, 0.05) is 19.2 Å². The molecule has 2 heterocycles. The van der Waals surface area contributed by atoms with Crippen molar-refractivity contribution in [2.24, 2.45) is 5.84 Å². The summed E-state index contributed by atoms with van der Waals surface area (Å²) in [5.74, 6) is 5.52. The molecule has 0 atom stereocenters. The molecule has 0 fully saturated rings. The Morgan fingerprint density at radius 2 is 2.39 bits per heavy atom. The zero-order valence-electron chi connectivity index (χ0n) is 9.46. The van der Waals surface area contributed by atoms with Gasteiger partial charge in [-0.05, 0) is 6.07 Å². The van der Waals surface area contributed by atoms with E-state index >= 15 is 0 Å². The first-order chi connectivity index (χ1) is 8.81. The second-order valence-corrected chi connectivity index (χ2v) is 3.41. The smallest absolute Gasteiger partial charge is 0.253 e. The zero-order chi connectivity index (χ0) is 12.8. The van der Waals surface area contributed by atoms with Crippen LogP contribution in [0, 0.1) is 0 Å². The standard InChI is InChI=1S/C10H12N6O2/c11-16-8-5-12-3-1-7(8)10(17)13-4-2-9-14-6-15-18-9/h1,3,5-6,16H,2,4,11H2,(H,13,17). The highest BCUT2D eigenvalue weighted by atomic mass is 16.5. The minimum Gasteiger partial charge on any atom is -0.351 e. The number of anilines is 1. The number of hydrogen-bond donors (Lipinski definition) is 3. The number of rotatable bonds is 5. The van der Waals surface area contributed by atoms with Crippen molar-refractivity contribution in [1.29, 1.82) is 0 Å². The quantitative estimate of drug-likeness (QED) is 0.492. The van der Waals surface area contributed by atoms with E-state index in [0.29, 0.717) is 30.1 Å². The summed E-state index contributed by atoms with van der Waals surface area (Å²) in [6, 6.07) is 1.58. The molecule has 2 aromatic rings. The third-order valence-corrected chi connectivity index (χ3v) is 2.25. The van der Waals surface area contributed by atoms with E-state index < -0.39 is 0 Å². The molecule has 1 amide bonds. The number of pyridine rings is 1. The minimum absolute atomic E-state index is 0.245. The Kier molecular flexibility index (Phi) is 3.82. The van der Waals surface area contributed by atoms with E-state index in [1.807, 2.05) is 0 Å². The van der Waals surface area contributed by atoms with Crippen LogP contribution in [0.5, 0.6) is 0 Å². The molecule has 8 nitrogen and oxygen atoms in total. The van der Waals surface area contributed by atoms with Gasteiger partial charge < -0.3 is 15.3 Å². The van der Waals surface area contributed by atoms with Gasteiger partial charge in [-0.25, -0.2) is 0 Å². The Hall–Kier alpha value is -2.48. The van der Waals surface area contributed by atoms with Crippen molar-refractivity contribution in [3.63, 3.8) is 0 Å². The molecule has 2 aromatic heterocycles. The highest BCUT2D eigenvalue weighted by Crippen LogP contribution is 2.11. The summed E-state index contributed by atoms with van der Waals surface area (Å²) < 4.78 is 4.81. The Morgan fingerprint density at radius 3 is 3.11 bits per heavy atom. The maximum absolute atomic E-state index is 11.9. The van der Waals surface area contributed by atoms with Crippen LogP contribution in [0.25, 0.3) is 0 Å². The Bertz CT molecular complexity index is 513. The number of amides is 1. The molecular weight excluding hydrogens is 236 g/mol. The molecule has 8 heteroatoms. The maximum Gasteiger partial charge on any atom is 0.253 e. The van der Waals surface area contributed by atoms with E-state index in [0.717, 1.165) is 0 Å². The third kappa shape index (κ3) is 2.80. The average Bonchev–Trinajstić information content (AvgIpc) is 2.91. The SMILES string of the molecule is NNc1cnccc1C(=O)NCCc1ncno1. The second-order valence-electron chi connectivity index (χ2n) is 3.41. The van der Waals surface area contributed by atoms with Gasteiger partial charge in [0.25, 0.3) is 5.91 Å². The molecule has 0 saturated carbocycles. The molecule has 0 spiro atoms. The summed E-state index contributed by atoms with van der Waals surface area (Å²) in [7, 11) is 0. The molecular formula is C10H12N6O2. The largest absolute Gasteiger partial charge is 0.351 e. The lowest BCUT2D eigenvalue weighted by Crippen LogP contribution is -2.27. The highest BCUT2D eigenvalue weighted by Gasteiger charge is 2.10. The van der Waals surface area contributed by atoms with Crippen LogP contribution in [-0.2, 0) is 6.42 Å². The van der Waals surface area contributed by atoms with Gasteiger partial charge in [0.15, 0.2) is 6.33 Å². The molecule has 0 radical (unpaired) electrons. The van der Waals surface area contributed by atoms with E-state index in [1.54, 1.807) is 6.07 Å². The predicted molar refractivity (Wildman–Crippen MR) is 62.4 cm³/mol. The number of carbonyl (C=O) groups excluding carboxylic acids is 1. The lowest BCUT2D eigenvalue weighted by atomic mass is 10.2. The van der Waals surface area contributed by atoms with E-state index in [-0.39, 0.29) is 5.91 Å². The third-order valence-electron chi connectivity index (χ3n) is 2.25. The van der Waals surface area contributed by atoms with Crippen LogP contribution in [0.15, 0.2) is 29.3 Å². The number of aromatic nitrogens is 3. The molecule has 94 valence electrons. The van der Waals surface area contributed by atoms with Gasteiger partial charge in [-0.2, -0.15) is 4.98 Å². The second kappa shape index (κ2) is 5.73. The number of hydrazine groups is 1. The normalized spacial score (nSPS) is 10.1. The van der Waals surface area contributed by atoms with Crippen molar-refractivity contribution in [2.45, 2.75) is 6.42 Å².